The third kappa shape index (κ3) is 5.16. The molecule has 4 heterocycles. The molecule has 0 radical (unpaired) electrons. The van der Waals surface area contributed by atoms with Gasteiger partial charge in [-0.05, 0) is 37.8 Å². The number of carbonyl (C=O) groups excluding carboxylic acids is 2. The van der Waals surface area contributed by atoms with E-state index in [0.29, 0.717) is 31.9 Å². The molecule has 0 aromatic carbocycles. The topological polar surface area (TPSA) is 101 Å². The number of aryl methyl sites for hydroxylation is 1. The highest BCUT2D eigenvalue weighted by Crippen LogP contribution is 2.31. The van der Waals surface area contributed by atoms with Gasteiger partial charge in [0.2, 0.25) is 11.8 Å². The van der Waals surface area contributed by atoms with E-state index in [2.05, 4.69) is 20.3 Å². The number of likely N-dealkylation sites (tertiary alicyclic amines) is 2. The molecule has 2 fully saturated rings. The molecule has 1 N–H and O–H groups in total. The molecular formula is C22H28N6O3. The number of carbonyl (C=O) groups is 2. The summed E-state index contributed by atoms with van der Waals surface area (Å²) in [6, 6.07) is 3.75. The van der Waals surface area contributed by atoms with Crippen LogP contribution in [0.25, 0.3) is 0 Å². The summed E-state index contributed by atoms with van der Waals surface area (Å²) in [6.07, 6.45) is 8.37. The molecule has 2 amide bonds. The zero-order chi connectivity index (χ0) is 21.6. The maximum atomic E-state index is 12.8. The molecule has 9 heteroatoms. The Morgan fingerprint density at radius 1 is 1.29 bits per heavy atom. The van der Waals surface area contributed by atoms with Gasteiger partial charge in [-0.1, -0.05) is 6.07 Å². The molecule has 164 valence electrons. The molecule has 0 saturated carbocycles. The molecule has 4 rings (SSSR count). The van der Waals surface area contributed by atoms with Crippen molar-refractivity contribution in [3.05, 3.63) is 42.0 Å². The first-order chi connectivity index (χ1) is 15.1. The summed E-state index contributed by atoms with van der Waals surface area (Å²) in [4.78, 5) is 41.4. The Hall–Kier alpha value is -3.07. The fourth-order valence-electron chi connectivity index (χ4n) is 4.07. The zero-order valence-electron chi connectivity index (χ0n) is 17.8. The Kier molecular flexibility index (Phi) is 6.71. The van der Waals surface area contributed by atoms with Crippen LogP contribution in [0.4, 0.5) is 11.6 Å². The predicted octanol–water partition coefficient (Wildman–Crippen LogP) is 2.23. The number of nitrogens with zero attached hydrogens (tertiary/aromatic N) is 5. The quantitative estimate of drug-likeness (QED) is 0.649. The second-order valence-electron chi connectivity index (χ2n) is 7.91. The van der Waals surface area contributed by atoms with Crippen molar-refractivity contribution in [2.75, 3.05) is 38.2 Å². The van der Waals surface area contributed by atoms with Gasteiger partial charge in [0.15, 0.2) is 0 Å². The molecule has 0 unspecified atom stereocenters. The molecule has 0 aliphatic carbocycles. The van der Waals surface area contributed by atoms with Crippen molar-refractivity contribution >= 4 is 23.5 Å². The largest absolute Gasteiger partial charge is 0.370 e. The van der Waals surface area contributed by atoms with Crippen LogP contribution in [0, 0.1) is 6.92 Å². The second-order valence-corrected chi connectivity index (χ2v) is 7.91. The Balaban J connectivity index is 1.34. The van der Waals surface area contributed by atoms with Crippen molar-refractivity contribution in [1.29, 1.82) is 0 Å². The normalized spacial score (nSPS) is 18.6. The number of anilines is 2. The van der Waals surface area contributed by atoms with Gasteiger partial charge in [0.1, 0.15) is 18.2 Å². The Morgan fingerprint density at radius 3 is 3.00 bits per heavy atom. The number of pyridine rings is 1. The van der Waals surface area contributed by atoms with Crippen LogP contribution in [0.15, 0.2) is 30.7 Å². The summed E-state index contributed by atoms with van der Waals surface area (Å²) in [5, 5.41) is 3.21. The Bertz CT molecular complexity index is 937. The van der Waals surface area contributed by atoms with Gasteiger partial charge in [-0.15, -0.1) is 0 Å². The molecule has 2 aliphatic heterocycles. The minimum absolute atomic E-state index is 0.0109. The lowest BCUT2D eigenvalue weighted by molar-refractivity contribution is -0.137. The fourth-order valence-corrected chi connectivity index (χ4v) is 4.07. The third-order valence-electron chi connectivity index (χ3n) is 5.73. The standard InChI is InChI=1S/C22H28N6O3/c1-16-5-2-8-24-22(16)26-19-14-23-13-17(25-19)18-6-3-10-28(18)21(30)15-31-12-11-27-9-4-7-20(27)29/h2,5,8,13-14,18H,3-4,6-7,9-12,15H2,1H3,(H,24,25,26)/t18-/m0/s1. The number of hydrogen-bond acceptors (Lipinski definition) is 7. The number of nitrogens with one attached hydrogen (secondary N) is 1. The van der Waals surface area contributed by atoms with Crippen LogP contribution in [0.1, 0.15) is 43.0 Å². The van der Waals surface area contributed by atoms with Crippen LogP contribution >= 0.6 is 0 Å². The summed E-state index contributed by atoms with van der Waals surface area (Å²) < 4.78 is 5.58. The number of ether oxygens (including phenoxy) is 1. The highest BCUT2D eigenvalue weighted by atomic mass is 16.5. The lowest BCUT2D eigenvalue weighted by atomic mass is 10.1. The van der Waals surface area contributed by atoms with Gasteiger partial charge >= 0.3 is 0 Å². The molecule has 2 saturated heterocycles. The molecule has 0 bridgehead atoms. The van der Waals surface area contributed by atoms with Crippen LogP contribution in [-0.2, 0) is 14.3 Å². The van der Waals surface area contributed by atoms with E-state index in [-0.39, 0.29) is 24.5 Å². The third-order valence-corrected chi connectivity index (χ3v) is 5.73. The van der Waals surface area contributed by atoms with Crippen molar-refractivity contribution < 1.29 is 14.3 Å². The first kappa shape index (κ1) is 21.2. The first-order valence-electron chi connectivity index (χ1n) is 10.8. The molecule has 0 spiro atoms. The van der Waals surface area contributed by atoms with Gasteiger partial charge in [0.05, 0.1) is 30.7 Å². The van der Waals surface area contributed by atoms with E-state index in [1.165, 1.54) is 0 Å². The van der Waals surface area contributed by atoms with Gasteiger partial charge in [-0.25, -0.2) is 9.97 Å². The highest BCUT2D eigenvalue weighted by molar-refractivity contribution is 5.78. The average Bonchev–Trinajstić information content (AvgIpc) is 3.42. The van der Waals surface area contributed by atoms with E-state index < -0.39 is 0 Å². The van der Waals surface area contributed by atoms with E-state index in [0.717, 1.165) is 42.9 Å². The van der Waals surface area contributed by atoms with Crippen LogP contribution < -0.4 is 5.32 Å². The summed E-state index contributed by atoms with van der Waals surface area (Å²) in [5.74, 6) is 1.45. The van der Waals surface area contributed by atoms with E-state index in [1.54, 1.807) is 23.5 Å². The highest BCUT2D eigenvalue weighted by Gasteiger charge is 2.31. The number of aromatic nitrogens is 3. The van der Waals surface area contributed by atoms with E-state index in [9.17, 15) is 9.59 Å². The maximum absolute atomic E-state index is 12.8. The van der Waals surface area contributed by atoms with Gasteiger partial charge in [0, 0.05) is 32.3 Å². The monoisotopic (exact) mass is 424 g/mol. The van der Waals surface area contributed by atoms with E-state index >= 15 is 0 Å². The molecule has 9 nitrogen and oxygen atoms in total. The van der Waals surface area contributed by atoms with Gasteiger partial charge in [-0.2, -0.15) is 0 Å². The van der Waals surface area contributed by atoms with Gasteiger partial charge in [0.25, 0.3) is 0 Å². The Morgan fingerprint density at radius 2 is 2.19 bits per heavy atom. The molecule has 2 aromatic heterocycles. The number of hydrogen-bond donors (Lipinski definition) is 1. The van der Waals surface area contributed by atoms with Crippen LogP contribution in [-0.4, -0.2) is 69.4 Å². The van der Waals surface area contributed by atoms with E-state index in [1.807, 2.05) is 24.0 Å². The van der Waals surface area contributed by atoms with Crippen molar-refractivity contribution in [2.45, 2.75) is 38.6 Å². The summed E-state index contributed by atoms with van der Waals surface area (Å²) >= 11 is 0. The van der Waals surface area contributed by atoms with E-state index in [4.69, 9.17) is 4.74 Å². The summed E-state index contributed by atoms with van der Waals surface area (Å²) in [7, 11) is 0. The number of rotatable bonds is 8. The summed E-state index contributed by atoms with van der Waals surface area (Å²) in [5.41, 5.74) is 1.77. The first-order valence-corrected chi connectivity index (χ1v) is 10.8. The lowest BCUT2D eigenvalue weighted by Crippen LogP contribution is -2.35. The maximum Gasteiger partial charge on any atom is 0.249 e. The van der Waals surface area contributed by atoms with Crippen molar-refractivity contribution in [1.82, 2.24) is 24.8 Å². The van der Waals surface area contributed by atoms with Crippen molar-refractivity contribution in [3.8, 4) is 0 Å². The smallest absolute Gasteiger partial charge is 0.249 e. The SMILES string of the molecule is Cc1cccnc1Nc1cncc([C@@H]2CCCN2C(=O)COCCN2CCCC2=O)n1. The molecule has 2 aromatic rings. The van der Waals surface area contributed by atoms with Crippen LogP contribution in [0.5, 0.6) is 0 Å². The molecule has 2 aliphatic rings. The second kappa shape index (κ2) is 9.82. The minimum Gasteiger partial charge on any atom is -0.370 e. The number of amides is 2. The lowest BCUT2D eigenvalue weighted by Gasteiger charge is -2.24. The molecule has 1 atom stereocenters. The molecular weight excluding hydrogens is 396 g/mol. The van der Waals surface area contributed by atoms with Crippen LogP contribution in [0.2, 0.25) is 0 Å². The summed E-state index contributed by atoms with van der Waals surface area (Å²) in [6.45, 7) is 4.36. The van der Waals surface area contributed by atoms with Crippen molar-refractivity contribution in [3.63, 3.8) is 0 Å². The van der Waals surface area contributed by atoms with Crippen molar-refractivity contribution in [2.24, 2.45) is 0 Å². The molecule has 31 heavy (non-hydrogen) atoms. The van der Waals surface area contributed by atoms with Crippen LogP contribution in [0.3, 0.4) is 0 Å². The van der Waals surface area contributed by atoms with Gasteiger partial charge < -0.3 is 19.9 Å². The minimum atomic E-state index is -0.115. The zero-order valence-corrected chi connectivity index (χ0v) is 17.8. The van der Waals surface area contributed by atoms with Gasteiger partial charge in [-0.3, -0.25) is 14.6 Å². The Labute approximate surface area is 181 Å². The predicted molar refractivity (Wildman–Crippen MR) is 115 cm³/mol. The average molecular weight is 425 g/mol. The fraction of sp³-hybridized carbons (Fsp3) is 0.500.